The molecule has 0 N–H and O–H groups in total. The second-order valence-electron chi connectivity index (χ2n) is 6.94. The first-order valence-electron chi connectivity index (χ1n) is 9.27. The third-order valence-corrected chi connectivity index (χ3v) is 5.86. The summed E-state index contributed by atoms with van der Waals surface area (Å²) in [4.78, 5) is 21.7. The van der Waals surface area contributed by atoms with Gasteiger partial charge >= 0.3 is 0 Å². The van der Waals surface area contributed by atoms with Crippen molar-refractivity contribution in [2.24, 2.45) is 0 Å². The quantitative estimate of drug-likeness (QED) is 0.687. The van der Waals surface area contributed by atoms with Crippen LogP contribution in [0.4, 0.5) is 0 Å². The molecule has 2 aromatic carbocycles. The summed E-state index contributed by atoms with van der Waals surface area (Å²) in [7, 11) is 0. The monoisotopic (exact) mass is 377 g/mol. The van der Waals surface area contributed by atoms with Gasteiger partial charge in [0.25, 0.3) is 5.91 Å². The normalized spacial score (nSPS) is 15.1. The largest absolute Gasteiger partial charge is 0.336 e. The van der Waals surface area contributed by atoms with Gasteiger partial charge in [0.2, 0.25) is 0 Å². The van der Waals surface area contributed by atoms with Crippen molar-refractivity contribution in [2.75, 3.05) is 26.2 Å². The van der Waals surface area contributed by atoms with Gasteiger partial charge < -0.3 is 4.90 Å². The van der Waals surface area contributed by atoms with Crippen LogP contribution in [0.15, 0.2) is 60.0 Å². The van der Waals surface area contributed by atoms with Gasteiger partial charge in [-0.3, -0.25) is 9.69 Å². The van der Waals surface area contributed by atoms with E-state index >= 15 is 0 Å². The molecule has 0 atom stereocenters. The van der Waals surface area contributed by atoms with E-state index in [1.54, 1.807) is 11.3 Å². The number of rotatable bonds is 4. The fourth-order valence-corrected chi connectivity index (χ4v) is 4.13. The van der Waals surface area contributed by atoms with Crippen molar-refractivity contribution < 1.29 is 4.79 Å². The number of piperazine rings is 1. The van der Waals surface area contributed by atoms with E-state index in [4.69, 9.17) is 4.98 Å². The Kier molecular flexibility index (Phi) is 5.32. The zero-order valence-corrected chi connectivity index (χ0v) is 16.3. The Hall–Kier alpha value is -2.50. The van der Waals surface area contributed by atoms with Gasteiger partial charge in [-0.15, -0.1) is 11.3 Å². The minimum Gasteiger partial charge on any atom is -0.336 e. The summed E-state index contributed by atoms with van der Waals surface area (Å²) in [6, 6.07) is 18.0. The lowest BCUT2D eigenvalue weighted by Gasteiger charge is -2.34. The molecule has 0 saturated carbocycles. The van der Waals surface area contributed by atoms with Crippen LogP contribution in [-0.2, 0) is 6.54 Å². The number of amides is 1. The maximum Gasteiger partial charge on any atom is 0.253 e. The van der Waals surface area contributed by atoms with Crippen LogP contribution in [0.25, 0.3) is 10.6 Å². The SMILES string of the molecule is Cc1ccc(-c2nc(CN3CCN(C(=O)c4ccccc4)CC3)cs2)cc1. The van der Waals surface area contributed by atoms with Gasteiger partial charge in [-0.2, -0.15) is 0 Å². The molecule has 4 nitrogen and oxygen atoms in total. The molecule has 1 aromatic heterocycles. The molecule has 0 spiro atoms. The van der Waals surface area contributed by atoms with Crippen LogP contribution in [0.5, 0.6) is 0 Å². The highest BCUT2D eigenvalue weighted by molar-refractivity contribution is 7.13. The summed E-state index contributed by atoms with van der Waals surface area (Å²) >= 11 is 1.70. The van der Waals surface area contributed by atoms with Crippen molar-refractivity contribution >= 4 is 17.2 Å². The number of aryl methyl sites for hydroxylation is 1. The lowest BCUT2D eigenvalue weighted by molar-refractivity contribution is 0.0627. The average Bonchev–Trinajstić information content (AvgIpc) is 3.18. The number of nitrogens with zero attached hydrogens (tertiary/aromatic N) is 3. The Morgan fingerprint density at radius 3 is 2.41 bits per heavy atom. The number of aromatic nitrogens is 1. The smallest absolute Gasteiger partial charge is 0.253 e. The van der Waals surface area contributed by atoms with Crippen LogP contribution in [0.1, 0.15) is 21.6 Å². The van der Waals surface area contributed by atoms with Gasteiger partial charge in [0, 0.05) is 49.2 Å². The molecule has 0 radical (unpaired) electrons. The fraction of sp³-hybridized carbons (Fsp3) is 0.273. The molecule has 5 heteroatoms. The first kappa shape index (κ1) is 17.9. The molecular weight excluding hydrogens is 354 g/mol. The highest BCUT2D eigenvalue weighted by Crippen LogP contribution is 2.24. The minimum absolute atomic E-state index is 0.130. The number of thiazole rings is 1. The summed E-state index contributed by atoms with van der Waals surface area (Å²) < 4.78 is 0. The first-order valence-corrected chi connectivity index (χ1v) is 10.1. The molecule has 1 aliphatic rings. The molecule has 0 aliphatic carbocycles. The number of carbonyl (C=O) groups excluding carboxylic acids is 1. The molecule has 0 bridgehead atoms. The van der Waals surface area contributed by atoms with Crippen LogP contribution in [0, 0.1) is 6.92 Å². The molecule has 0 unspecified atom stereocenters. The van der Waals surface area contributed by atoms with Gasteiger partial charge in [-0.1, -0.05) is 48.0 Å². The zero-order chi connectivity index (χ0) is 18.6. The first-order chi connectivity index (χ1) is 13.2. The van der Waals surface area contributed by atoms with E-state index in [0.29, 0.717) is 0 Å². The maximum absolute atomic E-state index is 12.5. The van der Waals surface area contributed by atoms with Gasteiger partial charge in [0.15, 0.2) is 0 Å². The van der Waals surface area contributed by atoms with Gasteiger partial charge in [0.1, 0.15) is 5.01 Å². The zero-order valence-electron chi connectivity index (χ0n) is 15.5. The van der Waals surface area contributed by atoms with Gasteiger partial charge in [-0.05, 0) is 19.1 Å². The predicted octanol–water partition coefficient (Wildman–Crippen LogP) is 4.08. The van der Waals surface area contributed by atoms with Crippen LogP contribution in [0.3, 0.4) is 0 Å². The van der Waals surface area contributed by atoms with Crippen molar-refractivity contribution in [1.82, 2.24) is 14.8 Å². The van der Waals surface area contributed by atoms with E-state index in [1.165, 1.54) is 11.1 Å². The van der Waals surface area contributed by atoms with E-state index in [1.807, 2.05) is 35.2 Å². The Balaban J connectivity index is 1.33. The number of carbonyl (C=O) groups is 1. The third kappa shape index (κ3) is 4.26. The third-order valence-electron chi connectivity index (χ3n) is 4.92. The lowest BCUT2D eigenvalue weighted by atomic mass is 10.1. The Labute approximate surface area is 164 Å². The number of benzene rings is 2. The molecule has 27 heavy (non-hydrogen) atoms. The molecule has 1 amide bonds. The number of hydrogen-bond acceptors (Lipinski definition) is 4. The van der Waals surface area contributed by atoms with Crippen molar-refractivity contribution in [3.63, 3.8) is 0 Å². The molecule has 1 saturated heterocycles. The van der Waals surface area contributed by atoms with Crippen molar-refractivity contribution in [3.05, 3.63) is 76.8 Å². The highest BCUT2D eigenvalue weighted by Gasteiger charge is 2.22. The van der Waals surface area contributed by atoms with Crippen LogP contribution in [-0.4, -0.2) is 46.9 Å². The molecule has 1 aliphatic heterocycles. The summed E-state index contributed by atoms with van der Waals surface area (Å²) in [5.74, 6) is 0.130. The lowest BCUT2D eigenvalue weighted by Crippen LogP contribution is -2.48. The summed E-state index contributed by atoms with van der Waals surface area (Å²) in [5.41, 5.74) is 4.32. The van der Waals surface area contributed by atoms with Gasteiger partial charge in [0.05, 0.1) is 5.69 Å². The molecule has 3 aromatic rings. The van der Waals surface area contributed by atoms with E-state index in [2.05, 4.69) is 41.5 Å². The Morgan fingerprint density at radius 1 is 1.00 bits per heavy atom. The van der Waals surface area contributed by atoms with Crippen molar-refractivity contribution in [2.45, 2.75) is 13.5 Å². The Morgan fingerprint density at radius 2 is 1.70 bits per heavy atom. The Bertz CT molecular complexity index is 897. The van der Waals surface area contributed by atoms with E-state index in [-0.39, 0.29) is 5.91 Å². The topological polar surface area (TPSA) is 36.4 Å². The van der Waals surface area contributed by atoms with E-state index in [9.17, 15) is 4.79 Å². The standard InChI is InChI=1S/C22H23N3OS/c1-17-7-9-18(10-8-17)21-23-20(16-27-21)15-24-11-13-25(14-12-24)22(26)19-5-3-2-4-6-19/h2-10,16H,11-15H2,1H3. The minimum atomic E-state index is 0.130. The number of hydrogen-bond donors (Lipinski definition) is 0. The molecular formula is C22H23N3OS. The van der Waals surface area contributed by atoms with E-state index < -0.39 is 0 Å². The summed E-state index contributed by atoms with van der Waals surface area (Å²) in [5, 5.41) is 3.22. The summed E-state index contributed by atoms with van der Waals surface area (Å²) in [6.45, 7) is 6.24. The van der Waals surface area contributed by atoms with Crippen molar-refractivity contribution in [3.8, 4) is 10.6 Å². The molecule has 4 rings (SSSR count). The van der Waals surface area contributed by atoms with Gasteiger partial charge in [-0.25, -0.2) is 4.98 Å². The predicted molar refractivity (Wildman–Crippen MR) is 110 cm³/mol. The molecule has 2 heterocycles. The molecule has 1 fully saturated rings. The molecule has 138 valence electrons. The highest BCUT2D eigenvalue weighted by atomic mass is 32.1. The van der Waals surface area contributed by atoms with Crippen LogP contribution in [0.2, 0.25) is 0 Å². The summed E-state index contributed by atoms with van der Waals surface area (Å²) in [6.07, 6.45) is 0. The van der Waals surface area contributed by atoms with Crippen molar-refractivity contribution in [1.29, 1.82) is 0 Å². The second kappa shape index (κ2) is 8.03. The fourth-order valence-electron chi connectivity index (χ4n) is 3.31. The van der Waals surface area contributed by atoms with Crippen LogP contribution < -0.4 is 0 Å². The maximum atomic E-state index is 12.5. The van der Waals surface area contributed by atoms with Crippen LogP contribution >= 0.6 is 11.3 Å². The average molecular weight is 378 g/mol. The van der Waals surface area contributed by atoms with E-state index in [0.717, 1.165) is 49.0 Å². The second-order valence-corrected chi connectivity index (χ2v) is 7.80.